The van der Waals surface area contributed by atoms with E-state index in [1.54, 1.807) is 17.8 Å². The van der Waals surface area contributed by atoms with Gasteiger partial charge in [-0.3, -0.25) is 0 Å². The average Bonchev–Trinajstić information content (AvgIpc) is 2.84. The first kappa shape index (κ1) is 13.0. The second-order valence-corrected chi connectivity index (χ2v) is 6.90. The van der Waals surface area contributed by atoms with Crippen molar-refractivity contribution in [1.29, 1.82) is 0 Å². The summed E-state index contributed by atoms with van der Waals surface area (Å²) in [6.45, 7) is 0. The summed E-state index contributed by atoms with van der Waals surface area (Å²) >= 11 is 1.74. The first-order chi connectivity index (χ1) is 10.2. The molecule has 2 aromatic carbocycles. The maximum atomic E-state index is 11.2. The maximum Gasteiger partial charge on any atom is 0.335 e. The quantitative estimate of drug-likeness (QED) is 0.860. The van der Waals surface area contributed by atoms with Crippen LogP contribution in [0.25, 0.3) is 0 Å². The highest BCUT2D eigenvalue weighted by Crippen LogP contribution is 2.40. The summed E-state index contributed by atoms with van der Waals surface area (Å²) in [5.41, 5.74) is 6.08. The van der Waals surface area contributed by atoms with Crippen LogP contribution in [0.5, 0.6) is 0 Å². The van der Waals surface area contributed by atoms with E-state index in [0.717, 1.165) is 17.7 Å². The van der Waals surface area contributed by atoms with Gasteiger partial charge in [-0.15, -0.1) is 0 Å². The van der Waals surface area contributed by atoms with Gasteiger partial charge in [0.25, 0.3) is 0 Å². The van der Waals surface area contributed by atoms with E-state index in [2.05, 4.69) is 12.1 Å². The summed E-state index contributed by atoms with van der Waals surface area (Å²) in [5.74, 6) is -0.850. The molecule has 3 heteroatoms. The smallest absolute Gasteiger partial charge is 0.335 e. The Morgan fingerprint density at radius 3 is 2.38 bits per heavy atom. The van der Waals surface area contributed by atoms with Crippen LogP contribution in [0.2, 0.25) is 0 Å². The molecule has 0 spiro atoms. The minimum Gasteiger partial charge on any atom is -0.478 e. The van der Waals surface area contributed by atoms with Crippen LogP contribution in [0, 0.1) is 0 Å². The van der Waals surface area contributed by atoms with Crippen LogP contribution in [0.1, 0.15) is 39.0 Å². The normalized spacial score (nSPS) is 15.8. The number of aromatic carboxylic acids is 1. The van der Waals surface area contributed by atoms with E-state index in [4.69, 9.17) is 5.11 Å². The Morgan fingerprint density at radius 2 is 1.57 bits per heavy atom. The third kappa shape index (κ3) is 2.26. The molecule has 0 bridgehead atoms. The van der Waals surface area contributed by atoms with Crippen molar-refractivity contribution in [1.82, 2.24) is 0 Å². The van der Waals surface area contributed by atoms with Crippen molar-refractivity contribution in [2.75, 3.05) is 0 Å². The van der Waals surface area contributed by atoms with E-state index in [1.165, 1.54) is 46.4 Å². The minimum absolute atomic E-state index is 0.380. The molecule has 0 saturated carbocycles. The van der Waals surface area contributed by atoms with Crippen molar-refractivity contribution in [2.45, 2.75) is 41.9 Å². The number of carboxylic acid groups (broad SMARTS) is 1. The summed E-state index contributed by atoms with van der Waals surface area (Å²) in [6, 6.07) is 10.2. The van der Waals surface area contributed by atoms with Gasteiger partial charge in [-0.1, -0.05) is 23.9 Å². The van der Waals surface area contributed by atoms with E-state index >= 15 is 0 Å². The molecule has 0 unspecified atom stereocenters. The molecule has 2 nitrogen and oxygen atoms in total. The van der Waals surface area contributed by atoms with Gasteiger partial charge in [0.15, 0.2) is 0 Å². The zero-order chi connectivity index (χ0) is 14.4. The lowest BCUT2D eigenvalue weighted by Crippen LogP contribution is -1.98. The molecule has 0 fully saturated rings. The summed E-state index contributed by atoms with van der Waals surface area (Å²) in [4.78, 5) is 13.6. The first-order valence-corrected chi connectivity index (χ1v) is 8.21. The molecule has 0 amide bonds. The topological polar surface area (TPSA) is 37.3 Å². The highest BCUT2D eigenvalue weighted by molar-refractivity contribution is 7.99. The Balaban J connectivity index is 1.79. The number of fused-ring (bicyclic) bond motifs is 3. The third-order valence-corrected chi connectivity index (χ3v) is 5.67. The number of hydrogen-bond acceptors (Lipinski definition) is 2. The molecule has 1 N–H and O–H groups in total. The molecular formula is C18H16O2S. The van der Waals surface area contributed by atoms with Crippen LogP contribution in [0.4, 0.5) is 0 Å². The SMILES string of the molecule is O=C(O)c1ccc2c(c1)Sc1cc3c(cc1CC2)CCC3. The molecule has 1 aliphatic carbocycles. The van der Waals surface area contributed by atoms with Gasteiger partial charge in [-0.25, -0.2) is 4.79 Å². The van der Waals surface area contributed by atoms with Gasteiger partial charge in [0.1, 0.15) is 0 Å². The van der Waals surface area contributed by atoms with E-state index < -0.39 is 5.97 Å². The van der Waals surface area contributed by atoms with Crippen molar-refractivity contribution >= 4 is 17.7 Å². The maximum absolute atomic E-state index is 11.2. The number of rotatable bonds is 1. The van der Waals surface area contributed by atoms with Crippen molar-refractivity contribution < 1.29 is 9.90 Å². The van der Waals surface area contributed by atoms with E-state index in [9.17, 15) is 4.79 Å². The Morgan fingerprint density at radius 1 is 0.857 bits per heavy atom. The lowest BCUT2D eigenvalue weighted by atomic mass is 10.00. The Labute approximate surface area is 128 Å². The summed E-state index contributed by atoms with van der Waals surface area (Å²) in [7, 11) is 0. The predicted molar refractivity (Wildman–Crippen MR) is 83.4 cm³/mol. The first-order valence-electron chi connectivity index (χ1n) is 7.39. The molecule has 0 radical (unpaired) electrons. The fraction of sp³-hybridized carbons (Fsp3) is 0.278. The lowest BCUT2D eigenvalue weighted by molar-refractivity contribution is 0.0696. The highest BCUT2D eigenvalue weighted by atomic mass is 32.2. The molecule has 21 heavy (non-hydrogen) atoms. The number of carbonyl (C=O) groups is 1. The number of benzene rings is 2. The van der Waals surface area contributed by atoms with Crippen LogP contribution in [0.15, 0.2) is 40.1 Å². The average molecular weight is 296 g/mol. The van der Waals surface area contributed by atoms with Crippen LogP contribution < -0.4 is 0 Å². The van der Waals surface area contributed by atoms with Gasteiger partial charge in [0, 0.05) is 9.79 Å². The van der Waals surface area contributed by atoms with Crippen molar-refractivity contribution in [3.05, 3.63) is 58.1 Å². The number of carboxylic acids is 1. The molecular weight excluding hydrogens is 280 g/mol. The van der Waals surface area contributed by atoms with Gasteiger partial charge in [0.05, 0.1) is 5.56 Å². The molecule has 2 aliphatic rings. The second kappa shape index (κ2) is 4.92. The molecule has 1 heterocycles. The fourth-order valence-electron chi connectivity index (χ4n) is 3.32. The van der Waals surface area contributed by atoms with Gasteiger partial charge >= 0.3 is 5.97 Å². The van der Waals surface area contributed by atoms with Crippen molar-refractivity contribution in [3.63, 3.8) is 0 Å². The van der Waals surface area contributed by atoms with Gasteiger partial charge in [0.2, 0.25) is 0 Å². The molecule has 0 atom stereocenters. The van der Waals surface area contributed by atoms with Crippen LogP contribution in [-0.4, -0.2) is 11.1 Å². The Bertz CT molecular complexity index is 749. The number of aryl methyl sites for hydroxylation is 4. The lowest BCUT2D eigenvalue weighted by Gasteiger charge is -2.09. The zero-order valence-electron chi connectivity index (χ0n) is 11.7. The van der Waals surface area contributed by atoms with Gasteiger partial charge in [-0.2, -0.15) is 0 Å². The van der Waals surface area contributed by atoms with Crippen molar-refractivity contribution in [3.8, 4) is 0 Å². The van der Waals surface area contributed by atoms with Gasteiger partial charge in [-0.05, 0) is 72.6 Å². The predicted octanol–water partition coefficient (Wildman–Crippen LogP) is 4.12. The molecule has 0 aromatic heterocycles. The van der Waals surface area contributed by atoms with E-state index in [1.807, 2.05) is 12.1 Å². The highest BCUT2D eigenvalue weighted by Gasteiger charge is 2.19. The molecule has 2 aromatic rings. The Hall–Kier alpha value is -1.74. The van der Waals surface area contributed by atoms with Crippen LogP contribution in [-0.2, 0) is 25.7 Å². The molecule has 106 valence electrons. The molecule has 4 rings (SSSR count). The van der Waals surface area contributed by atoms with Crippen LogP contribution >= 0.6 is 11.8 Å². The minimum atomic E-state index is -0.850. The van der Waals surface area contributed by atoms with Gasteiger partial charge < -0.3 is 5.11 Å². The largest absolute Gasteiger partial charge is 0.478 e. The van der Waals surface area contributed by atoms with Crippen LogP contribution in [0.3, 0.4) is 0 Å². The zero-order valence-corrected chi connectivity index (χ0v) is 12.5. The monoisotopic (exact) mass is 296 g/mol. The third-order valence-electron chi connectivity index (χ3n) is 4.47. The second-order valence-electron chi connectivity index (χ2n) is 5.81. The summed E-state index contributed by atoms with van der Waals surface area (Å²) in [5, 5.41) is 9.17. The molecule has 0 saturated heterocycles. The summed E-state index contributed by atoms with van der Waals surface area (Å²) < 4.78 is 0. The fourth-order valence-corrected chi connectivity index (χ4v) is 4.54. The summed E-state index contributed by atoms with van der Waals surface area (Å²) in [6.07, 6.45) is 5.71. The van der Waals surface area contributed by atoms with E-state index in [-0.39, 0.29) is 0 Å². The number of hydrogen-bond donors (Lipinski definition) is 1. The standard InChI is InChI=1S/C18H16O2S/c19-18(20)15-7-5-11-4-6-14-8-12-2-1-3-13(12)9-17(14)21-16(11)10-15/h5,7-10H,1-4,6H2,(H,19,20). The van der Waals surface area contributed by atoms with Crippen molar-refractivity contribution in [2.24, 2.45) is 0 Å². The Kier molecular flexibility index (Phi) is 3.03. The van der Waals surface area contributed by atoms with E-state index in [0.29, 0.717) is 5.56 Å². The molecule has 1 aliphatic heterocycles.